The quantitative estimate of drug-likeness (QED) is 0.727. The highest BCUT2D eigenvalue weighted by Gasteiger charge is 2.13. The van der Waals surface area contributed by atoms with Gasteiger partial charge in [0.15, 0.2) is 0 Å². The lowest BCUT2D eigenvalue weighted by molar-refractivity contribution is 0.0946. The number of rotatable bonds is 4. The smallest absolute Gasteiger partial charge is 0.267 e. The van der Waals surface area contributed by atoms with Gasteiger partial charge in [0.05, 0.1) is 0 Å². The third-order valence-electron chi connectivity index (χ3n) is 3.13. The van der Waals surface area contributed by atoms with Crippen LogP contribution in [0.5, 0.6) is 0 Å². The Labute approximate surface area is 115 Å². The number of aromatic amines is 1. The van der Waals surface area contributed by atoms with E-state index in [0.717, 1.165) is 29.6 Å². The Morgan fingerprint density at radius 2 is 2.47 bits per heavy atom. The van der Waals surface area contributed by atoms with Crippen LogP contribution in [-0.4, -0.2) is 30.5 Å². The summed E-state index contributed by atoms with van der Waals surface area (Å²) >= 11 is 2.19. The van der Waals surface area contributed by atoms with E-state index in [4.69, 9.17) is 0 Å². The first-order valence-electron chi connectivity index (χ1n) is 6.08. The molecule has 3 N–H and O–H groups in total. The second-order valence-corrected chi connectivity index (χ2v) is 5.73. The molecule has 0 bridgehead atoms. The number of aromatic nitrogens is 1. The highest BCUT2D eigenvalue weighted by molar-refractivity contribution is 14.1. The first-order chi connectivity index (χ1) is 8.25. The number of H-pyrrole nitrogens is 1. The summed E-state index contributed by atoms with van der Waals surface area (Å²) in [6.45, 7) is 3.00. The van der Waals surface area contributed by atoms with Gasteiger partial charge >= 0.3 is 0 Å². The van der Waals surface area contributed by atoms with Crippen LogP contribution in [0.1, 0.15) is 29.8 Å². The van der Waals surface area contributed by atoms with E-state index in [1.54, 1.807) is 0 Å². The maximum Gasteiger partial charge on any atom is 0.267 e. The SMILES string of the molecule is O=C(NCCC1CCCNC1)c1cc(I)c[nH]1. The van der Waals surface area contributed by atoms with E-state index in [2.05, 4.69) is 38.2 Å². The maximum atomic E-state index is 11.7. The van der Waals surface area contributed by atoms with Crippen molar-refractivity contribution in [2.75, 3.05) is 19.6 Å². The second-order valence-electron chi connectivity index (χ2n) is 4.49. The van der Waals surface area contributed by atoms with Crippen LogP contribution in [0.2, 0.25) is 0 Å². The zero-order valence-corrected chi connectivity index (χ0v) is 11.9. The highest BCUT2D eigenvalue weighted by atomic mass is 127. The minimum atomic E-state index is -0.00307. The molecule has 17 heavy (non-hydrogen) atoms. The van der Waals surface area contributed by atoms with E-state index < -0.39 is 0 Å². The normalized spacial score (nSPS) is 20.2. The predicted octanol–water partition coefficient (Wildman–Crippen LogP) is 1.74. The summed E-state index contributed by atoms with van der Waals surface area (Å²) in [5.41, 5.74) is 0.649. The molecule has 0 saturated carbocycles. The first kappa shape index (κ1) is 12.9. The molecule has 0 radical (unpaired) electrons. The van der Waals surface area contributed by atoms with E-state index in [-0.39, 0.29) is 5.91 Å². The van der Waals surface area contributed by atoms with Gasteiger partial charge in [-0.15, -0.1) is 0 Å². The van der Waals surface area contributed by atoms with E-state index in [0.29, 0.717) is 11.6 Å². The molecular weight excluding hydrogens is 329 g/mol. The molecule has 1 aliphatic heterocycles. The Morgan fingerprint density at radius 3 is 3.12 bits per heavy atom. The van der Waals surface area contributed by atoms with Crippen molar-refractivity contribution in [3.63, 3.8) is 0 Å². The summed E-state index contributed by atoms with van der Waals surface area (Å²) in [5, 5.41) is 6.35. The molecule has 1 atom stereocenters. The molecule has 2 rings (SSSR count). The van der Waals surface area contributed by atoms with E-state index in [9.17, 15) is 4.79 Å². The average molecular weight is 347 g/mol. The van der Waals surface area contributed by atoms with Gasteiger partial charge in [0.1, 0.15) is 5.69 Å². The van der Waals surface area contributed by atoms with Gasteiger partial charge in [-0.25, -0.2) is 0 Å². The fourth-order valence-corrected chi connectivity index (χ4v) is 2.62. The minimum Gasteiger partial charge on any atom is -0.356 e. The number of piperidine rings is 1. The second kappa shape index (κ2) is 6.39. The Balaban J connectivity index is 1.69. The molecule has 1 fully saturated rings. The molecular formula is C12H18IN3O. The summed E-state index contributed by atoms with van der Waals surface area (Å²) in [6.07, 6.45) is 5.44. The molecule has 0 aromatic carbocycles. The van der Waals surface area contributed by atoms with Crippen molar-refractivity contribution in [2.45, 2.75) is 19.3 Å². The van der Waals surface area contributed by atoms with E-state index >= 15 is 0 Å². The number of nitrogens with one attached hydrogen (secondary N) is 3. The van der Waals surface area contributed by atoms with Crippen molar-refractivity contribution in [2.24, 2.45) is 5.92 Å². The molecule has 4 nitrogen and oxygen atoms in total. The minimum absolute atomic E-state index is 0.00307. The Hall–Kier alpha value is -0.560. The third-order valence-corrected chi connectivity index (χ3v) is 3.75. The predicted molar refractivity (Wildman–Crippen MR) is 76.1 cm³/mol. The van der Waals surface area contributed by atoms with Crippen molar-refractivity contribution in [1.29, 1.82) is 0 Å². The maximum absolute atomic E-state index is 11.7. The first-order valence-corrected chi connectivity index (χ1v) is 7.16. The molecule has 2 heterocycles. The van der Waals surface area contributed by atoms with Gasteiger partial charge in [0.2, 0.25) is 0 Å². The van der Waals surface area contributed by atoms with Gasteiger partial charge in [-0.2, -0.15) is 0 Å². The molecule has 94 valence electrons. The molecule has 5 heteroatoms. The summed E-state index contributed by atoms with van der Waals surface area (Å²) in [7, 11) is 0. The summed E-state index contributed by atoms with van der Waals surface area (Å²) in [6, 6.07) is 1.86. The van der Waals surface area contributed by atoms with Crippen molar-refractivity contribution >= 4 is 28.5 Å². The van der Waals surface area contributed by atoms with Crippen LogP contribution in [0.3, 0.4) is 0 Å². The number of halogens is 1. The van der Waals surface area contributed by atoms with Crippen LogP contribution in [-0.2, 0) is 0 Å². The van der Waals surface area contributed by atoms with Gasteiger partial charge in [-0.3, -0.25) is 4.79 Å². The lowest BCUT2D eigenvalue weighted by Gasteiger charge is -2.22. The van der Waals surface area contributed by atoms with E-state index in [1.807, 2.05) is 12.3 Å². The van der Waals surface area contributed by atoms with Crippen LogP contribution in [0.25, 0.3) is 0 Å². The number of hydrogen-bond donors (Lipinski definition) is 3. The zero-order valence-electron chi connectivity index (χ0n) is 9.76. The molecule has 0 spiro atoms. The Morgan fingerprint density at radius 1 is 1.59 bits per heavy atom. The number of hydrogen-bond acceptors (Lipinski definition) is 2. The largest absolute Gasteiger partial charge is 0.356 e. The molecule has 1 aromatic rings. The van der Waals surface area contributed by atoms with E-state index in [1.165, 1.54) is 12.8 Å². The van der Waals surface area contributed by atoms with Crippen molar-refractivity contribution < 1.29 is 4.79 Å². The number of carbonyl (C=O) groups is 1. The molecule has 1 saturated heterocycles. The average Bonchev–Trinajstić information content (AvgIpc) is 2.77. The van der Waals surface area contributed by atoms with Crippen molar-refractivity contribution in [3.8, 4) is 0 Å². The van der Waals surface area contributed by atoms with Crippen LogP contribution in [0.4, 0.5) is 0 Å². The van der Waals surface area contributed by atoms with Gasteiger partial charge in [-0.1, -0.05) is 0 Å². The molecule has 0 aliphatic carbocycles. The monoisotopic (exact) mass is 347 g/mol. The van der Waals surface area contributed by atoms with Crippen LogP contribution < -0.4 is 10.6 Å². The van der Waals surface area contributed by atoms with Crippen molar-refractivity contribution in [3.05, 3.63) is 21.5 Å². The van der Waals surface area contributed by atoms with Gasteiger partial charge in [0.25, 0.3) is 5.91 Å². The van der Waals surface area contributed by atoms with Crippen LogP contribution >= 0.6 is 22.6 Å². The van der Waals surface area contributed by atoms with Gasteiger partial charge in [0, 0.05) is 16.3 Å². The molecule has 1 unspecified atom stereocenters. The summed E-state index contributed by atoms with van der Waals surface area (Å²) in [4.78, 5) is 14.7. The molecule has 1 aliphatic rings. The molecule has 1 amide bonds. The fourth-order valence-electron chi connectivity index (χ4n) is 2.15. The van der Waals surface area contributed by atoms with Gasteiger partial charge in [-0.05, 0) is 66.9 Å². The fraction of sp³-hybridized carbons (Fsp3) is 0.583. The standard InChI is InChI=1S/C12H18IN3O/c13-10-6-11(16-8-10)12(17)15-5-3-9-2-1-4-14-7-9/h6,8-9,14,16H,1-5,7H2,(H,15,17). The Bertz CT molecular complexity index is 372. The highest BCUT2D eigenvalue weighted by Crippen LogP contribution is 2.13. The lowest BCUT2D eigenvalue weighted by Crippen LogP contribution is -2.33. The summed E-state index contributed by atoms with van der Waals surface area (Å²) < 4.78 is 1.06. The lowest BCUT2D eigenvalue weighted by atomic mass is 9.96. The Kier molecular flexibility index (Phi) is 4.85. The topological polar surface area (TPSA) is 56.9 Å². The zero-order chi connectivity index (χ0) is 12.1. The number of carbonyl (C=O) groups excluding carboxylic acids is 1. The van der Waals surface area contributed by atoms with Crippen LogP contribution in [0.15, 0.2) is 12.3 Å². The van der Waals surface area contributed by atoms with Gasteiger partial charge < -0.3 is 15.6 Å². The summed E-state index contributed by atoms with van der Waals surface area (Å²) in [5.74, 6) is 0.713. The van der Waals surface area contributed by atoms with Crippen molar-refractivity contribution in [1.82, 2.24) is 15.6 Å². The third kappa shape index (κ3) is 3.99. The van der Waals surface area contributed by atoms with Crippen LogP contribution in [0, 0.1) is 9.49 Å². The molecule has 1 aromatic heterocycles. The number of amides is 1.